The lowest BCUT2D eigenvalue weighted by atomic mass is 9.89. The summed E-state index contributed by atoms with van der Waals surface area (Å²) >= 11 is 5.90. The average molecular weight is 338 g/mol. The summed E-state index contributed by atoms with van der Waals surface area (Å²) in [5, 5.41) is 2.89. The maximum Gasteiger partial charge on any atom is 0.325 e. The summed E-state index contributed by atoms with van der Waals surface area (Å²) in [5.74, 6) is -1.13. The largest absolute Gasteiger partial charge is 0.456 e. The Balaban J connectivity index is 1.71. The van der Waals surface area contributed by atoms with Gasteiger partial charge in [-0.25, -0.2) is 0 Å². The van der Waals surface area contributed by atoms with Crippen LogP contribution < -0.4 is 5.32 Å². The quantitative estimate of drug-likeness (QED) is 0.640. The van der Waals surface area contributed by atoms with Crippen molar-refractivity contribution in [2.45, 2.75) is 32.1 Å². The van der Waals surface area contributed by atoms with E-state index in [1.54, 1.807) is 24.3 Å². The Kier molecular flexibility index (Phi) is 6.59. The molecule has 0 saturated heterocycles. The van der Waals surface area contributed by atoms with Crippen LogP contribution in [0.3, 0.4) is 0 Å². The highest BCUT2D eigenvalue weighted by Crippen LogP contribution is 2.23. The van der Waals surface area contributed by atoms with Gasteiger partial charge >= 0.3 is 5.97 Å². The molecule has 124 valence electrons. The van der Waals surface area contributed by atoms with Crippen molar-refractivity contribution in [1.29, 1.82) is 0 Å². The van der Waals surface area contributed by atoms with E-state index in [1.165, 1.54) is 0 Å². The first-order valence-corrected chi connectivity index (χ1v) is 8.17. The van der Waals surface area contributed by atoms with Crippen molar-refractivity contribution >= 4 is 29.3 Å². The molecule has 6 heteroatoms. The van der Waals surface area contributed by atoms with Crippen molar-refractivity contribution in [3.63, 3.8) is 0 Å². The summed E-state index contributed by atoms with van der Waals surface area (Å²) in [4.78, 5) is 35.4. The summed E-state index contributed by atoms with van der Waals surface area (Å²) in [6.07, 6.45) is 5.00. The molecule has 0 spiro atoms. The van der Waals surface area contributed by atoms with E-state index in [9.17, 15) is 14.4 Å². The lowest BCUT2D eigenvalue weighted by molar-refractivity contribution is -0.143. The van der Waals surface area contributed by atoms with Crippen molar-refractivity contribution in [2.75, 3.05) is 13.2 Å². The van der Waals surface area contributed by atoms with Gasteiger partial charge in [-0.1, -0.05) is 43.0 Å². The molecule has 1 N–H and O–H groups in total. The number of ether oxygens (including phenoxy) is 1. The van der Waals surface area contributed by atoms with Crippen LogP contribution in [-0.2, 0) is 14.3 Å². The molecule has 5 nitrogen and oxygen atoms in total. The van der Waals surface area contributed by atoms with Crippen molar-refractivity contribution in [3.8, 4) is 0 Å². The molecule has 2 rings (SSSR count). The molecule has 1 aliphatic carbocycles. The summed E-state index contributed by atoms with van der Waals surface area (Å²) in [6.45, 7) is -0.604. The van der Waals surface area contributed by atoms with Crippen LogP contribution in [0.25, 0.3) is 0 Å². The van der Waals surface area contributed by atoms with Gasteiger partial charge in [0.15, 0.2) is 6.61 Å². The molecule has 0 unspecified atom stereocenters. The van der Waals surface area contributed by atoms with Crippen LogP contribution >= 0.6 is 11.6 Å². The molecule has 1 amide bonds. The summed E-state index contributed by atoms with van der Waals surface area (Å²) in [5.41, 5.74) is 0.313. The van der Waals surface area contributed by atoms with Gasteiger partial charge in [0.25, 0.3) is 0 Å². The van der Waals surface area contributed by atoms with E-state index in [-0.39, 0.29) is 30.8 Å². The van der Waals surface area contributed by atoms with Gasteiger partial charge in [-0.15, -0.1) is 0 Å². The molecule has 0 radical (unpaired) electrons. The normalized spacial score (nSPS) is 15.0. The lowest BCUT2D eigenvalue weighted by Crippen LogP contribution is -2.36. The highest BCUT2D eigenvalue weighted by atomic mass is 35.5. The highest BCUT2D eigenvalue weighted by Gasteiger charge is 2.21. The summed E-state index contributed by atoms with van der Waals surface area (Å²) in [7, 11) is 0. The minimum atomic E-state index is -0.630. The SMILES string of the molecule is O=C(CNC(=O)C1CCCCC1)OCC(=O)c1ccccc1Cl. The standard InChI is InChI=1S/C17H20ClNO4/c18-14-9-5-4-8-13(14)15(20)11-23-16(21)10-19-17(22)12-6-2-1-3-7-12/h4-5,8-9,12H,1-3,6-7,10-11H2,(H,19,22). The summed E-state index contributed by atoms with van der Waals surface area (Å²) < 4.78 is 4.89. The Morgan fingerprint density at radius 1 is 1.13 bits per heavy atom. The van der Waals surface area contributed by atoms with Gasteiger partial charge in [0.05, 0.1) is 5.02 Å². The van der Waals surface area contributed by atoms with Gasteiger partial charge < -0.3 is 10.1 Å². The maximum atomic E-state index is 11.9. The van der Waals surface area contributed by atoms with Crippen molar-refractivity contribution in [1.82, 2.24) is 5.32 Å². The van der Waals surface area contributed by atoms with Crippen molar-refractivity contribution < 1.29 is 19.1 Å². The Morgan fingerprint density at radius 3 is 2.52 bits per heavy atom. The van der Waals surface area contributed by atoms with Gasteiger partial charge in [-0.05, 0) is 25.0 Å². The number of rotatable bonds is 6. The fraction of sp³-hybridized carbons (Fsp3) is 0.471. The topological polar surface area (TPSA) is 72.5 Å². The molecule has 0 atom stereocenters. The first-order valence-electron chi connectivity index (χ1n) is 7.79. The number of nitrogens with one attached hydrogen (secondary N) is 1. The number of hydrogen-bond donors (Lipinski definition) is 1. The molecule has 0 bridgehead atoms. The van der Waals surface area contributed by atoms with Crippen LogP contribution in [0.1, 0.15) is 42.5 Å². The van der Waals surface area contributed by atoms with Crippen LogP contribution in [-0.4, -0.2) is 30.8 Å². The average Bonchev–Trinajstić information content (AvgIpc) is 2.58. The zero-order valence-electron chi connectivity index (χ0n) is 12.8. The van der Waals surface area contributed by atoms with Crippen LogP contribution in [0.4, 0.5) is 0 Å². The number of ketones is 1. The number of carbonyl (C=O) groups excluding carboxylic acids is 3. The fourth-order valence-corrected chi connectivity index (χ4v) is 2.87. The number of esters is 1. The Labute approximate surface area is 140 Å². The van der Waals surface area contributed by atoms with E-state index in [1.807, 2.05) is 0 Å². The van der Waals surface area contributed by atoms with Gasteiger partial charge in [0.1, 0.15) is 6.54 Å². The fourth-order valence-electron chi connectivity index (χ4n) is 2.63. The Hall–Kier alpha value is -1.88. The Morgan fingerprint density at radius 2 is 1.83 bits per heavy atom. The first-order chi connectivity index (χ1) is 11.1. The molecule has 23 heavy (non-hydrogen) atoms. The van der Waals surface area contributed by atoms with E-state index in [4.69, 9.17) is 16.3 Å². The molecule has 0 aliphatic heterocycles. The predicted octanol–water partition coefficient (Wildman–Crippen LogP) is 2.76. The van der Waals surface area contributed by atoms with Crippen molar-refractivity contribution in [2.24, 2.45) is 5.92 Å². The number of benzene rings is 1. The second kappa shape index (κ2) is 8.67. The highest BCUT2D eigenvalue weighted by molar-refractivity contribution is 6.34. The Bertz CT molecular complexity index is 582. The third kappa shape index (κ3) is 5.36. The third-order valence-electron chi connectivity index (χ3n) is 3.92. The van der Waals surface area contributed by atoms with E-state index < -0.39 is 5.97 Å². The molecule has 1 saturated carbocycles. The monoisotopic (exact) mass is 337 g/mol. The van der Waals surface area contributed by atoms with Gasteiger partial charge in [-0.3, -0.25) is 14.4 Å². The smallest absolute Gasteiger partial charge is 0.325 e. The zero-order chi connectivity index (χ0) is 16.7. The molecule has 1 aromatic rings. The van der Waals surface area contributed by atoms with Gasteiger partial charge in [-0.2, -0.15) is 0 Å². The molecular weight excluding hydrogens is 318 g/mol. The first kappa shape index (κ1) is 17.5. The molecule has 0 heterocycles. The maximum absolute atomic E-state index is 11.9. The van der Waals surface area contributed by atoms with E-state index >= 15 is 0 Å². The van der Waals surface area contributed by atoms with E-state index in [0.29, 0.717) is 10.6 Å². The van der Waals surface area contributed by atoms with E-state index in [0.717, 1.165) is 32.1 Å². The number of halogens is 1. The van der Waals surface area contributed by atoms with Crippen LogP contribution in [0, 0.1) is 5.92 Å². The minimum absolute atomic E-state index is 0.0127. The number of hydrogen-bond acceptors (Lipinski definition) is 4. The van der Waals surface area contributed by atoms with Crippen molar-refractivity contribution in [3.05, 3.63) is 34.9 Å². The summed E-state index contributed by atoms with van der Waals surface area (Å²) in [6, 6.07) is 6.57. The third-order valence-corrected chi connectivity index (χ3v) is 4.25. The second-order valence-electron chi connectivity index (χ2n) is 5.62. The van der Waals surface area contributed by atoms with E-state index in [2.05, 4.69) is 5.32 Å². The lowest BCUT2D eigenvalue weighted by Gasteiger charge is -2.20. The van der Waals surface area contributed by atoms with Gasteiger partial charge in [0, 0.05) is 11.5 Å². The molecular formula is C17H20ClNO4. The second-order valence-corrected chi connectivity index (χ2v) is 6.02. The minimum Gasteiger partial charge on any atom is -0.456 e. The van der Waals surface area contributed by atoms with Crippen LogP contribution in [0.2, 0.25) is 5.02 Å². The molecule has 0 aromatic heterocycles. The zero-order valence-corrected chi connectivity index (χ0v) is 13.6. The number of carbonyl (C=O) groups is 3. The molecule has 1 aliphatic rings. The molecule has 1 fully saturated rings. The van der Waals surface area contributed by atoms with Crippen LogP contribution in [0.15, 0.2) is 24.3 Å². The number of Topliss-reactive ketones (excluding diaryl/α,β-unsaturated/α-hetero) is 1. The predicted molar refractivity (Wildman–Crippen MR) is 86.3 cm³/mol. The van der Waals surface area contributed by atoms with Crippen LogP contribution in [0.5, 0.6) is 0 Å². The number of amides is 1. The van der Waals surface area contributed by atoms with Gasteiger partial charge in [0.2, 0.25) is 11.7 Å². The molecule has 1 aromatic carbocycles.